The molecule has 108 valence electrons. The first-order valence-electron chi connectivity index (χ1n) is 7.49. The fourth-order valence-corrected chi connectivity index (χ4v) is 3.38. The van der Waals surface area contributed by atoms with Crippen molar-refractivity contribution in [3.05, 3.63) is 35.4 Å². The number of benzene rings is 1. The highest BCUT2D eigenvalue weighted by Gasteiger charge is 2.32. The monoisotopic (exact) mass is 274 g/mol. The van der Waals surface area contributed by atoms with Crippen LogP contribution in [-0.4, -0.2) is 25.1 Å². The van der Waals surface area contributed by atoms with Gasteiger partial charge in [-0.1, -0.05) is 30.7 Å². The fraction of sp³-hybridized carbons (Fsp3) is 0.562. The van der Waals surface area contributed by atoms with Crippen molar-refractivity contribution < 1.29 is 9.53 Å². The maximum absolute atomic E-state index is 12.5. The molecule has 3 rings (SSSR count). The fourth-order valence-electron chi connectivity index (χ4n) is 3.38. The van der Waals surface area contributed by atoms with Crippen LogP contribution in [0.15, 0.2) is 24.3 Å². The minimum absolute atomic E-state index is 0.0116. The molecule has 4 nitrogen and oxygen atoms in total. The molecule has 1 saturated carbocycles. The van der Waals surface area contributed by atoms with E-state index in [1.165, 1.54) is 5.56 Å². The summed E-state index contributed by atoms with van der Waals surface area (Å²) in [5, 5.41) is 3.15. The van der Waals surface area contributed by atoms with E-state index in [-0.39, 0.29) is 11.9 Å². The van der Waals surface area contributed by atoms with Crippen LogP contribution < -0.4 is 11.1 Å². The van der Waals surface area contributed by atoms with Crippen LogP contribution in [0, 0.1) is 5.92 Å². The molecule has 0 saturated heterocycles. The molecule has 3 atom stereocenters. The van der Waals surface area contributed by atoms with Crippen molar-refractivity contribution >= 4 is 5.91 Å². The maximum Gasteiger partial charge on any atom is 0.254 e. The highest BCUT2D eigenvalue weighted by atomic mass is 16.5. The second-order valence-electron chi connectivity index (χ2n) is 5.74. The zero-order valence-electron chi connectivity index (χ0n) is 11.7. The molecule has 0 spiro atoms. The lowest BCUT2D eigenvalue weighted by Crippen LogP contribution is -2.43. The topological polar surface area (TPSA) is 64.3 Å². The number of nitrogens with two attached hydrogens (primary N) is 1. The van der Waals surface area contributed by atoms with Gasteiger partial charge in [0.1, 0.15) is 0 Å². The van der Waals surface area contributed by atoms with Gasteiger partial charge >= 0.3 is 0 Å². The molecule has 1 aromatic carbocycles. The lowest BCUT2D eigenvalue weighted by molar-refractivity contribution is -0.135. The van der Waals surface area contributed by atoms with Gasteiger partial charge in [0.15, 0.2) is 6.10 Å². The molecular weight excluding hydrogens is 252 g/mol. The van der Waals surface area contributed by atoms with Crippen LogP contribution in [0.25, 0.3) is 0 Å². The number of hydrogen-bond acceptors (Lipinski definition) is 3. The van der Waals surface area contributed by atoms with Crippen molar-refractivity contribution in [1.82, 2.24) is 5.32 Å². The van der Waals surface area contributed by atoms with E-state index in [1.54, 1.807) is 0 Å². The first-order valence-corrected chi connectivity index (χ1v) is 7.49. The molecule has 1 aromatic rings. The van der Waals surface area contributed by atoms with Gasteiger partial charge in [-0.3, -0.25) is 4.79 Å². The summed E-state index contributed by atoms with van der Waals surface area (Å²) < 4.78 is 5.70. The average Bonchev–Trinajstić information content (AvgIpc) is 2.93. The molecular formula is C16H22N2O2. The van der Waals surface area contributed by atoms with Gasteiger partial charge in [-0.25, -0.2) is 0 Å². The Hall–Kier alpha value is -1.39. The third-order valence-corrected chi connectivity index (χ3v) is 4.52. The van der Waals surface area contributed by atoms with E-state index in [4.69, 9.17) is 10.5 Å². The summed E-state index contributed by atoms with van der Waals surface area (Å²) in [6.45, 7) is 1.26. The normalized spacial score (nSPS) is 28.9. The molecule has 4 heteroatoms. The summed E-state index contributed by atoms with van der Waals surface area (Å²) in [7, 11) is 0. The number of fused-ring (bicyclic) bond motifs is 1. The zero-order valence-corrected chi connectivity index (χ0v) is 11.7. The van der Waals surface area contributed by atoms with E-state index in [2.05, 4.69) is 11.4 Å². The van der Waals surface area contributed by atoms with Crippen molar-refractivity contribution in [2.75, 3.05) is 13.2 Å². The number of amides is 1. The summed E-state index contributed by atoms with van der Waals surface area (Å²) in [5.41, 5.74) is 8.01. The van der Waals surface area contributed by atoms with Crippen LogP contribution in [0.1, 0.15) is 36.5 Å². The van der Waals surface area contributed by atoms with Crippen molar-refractivity contribution in [2.24, 2.45) is 11.7 Å². The second kappa shape index (κ2) is 5.94. The van der Waals surface area contributed by atoms with Gasteiger partial charge in [0.2, 0.25) is 0 Å². The lowest BCUT2D eigenvalue weighted by atomic mass is 9.96. The molecule has 2 aliphatic rings. The molecule has 3 N–H and O–H groups in total. The van der Waals surface area contributed by atoms with Crippen LogP contribution in [-0.2, 0) is 16.0 Å². The average molecular weight is 274 g/mol. The smallest absolute Gasteiger partial charge is 0.254 e. The Kier molecular flexibility index (Phi) is 4.03. The molecule has 20 heavy (non-hydrogen) atoms. The second-order valence-corrected chi connectivity index (χ2v) is 5.74. The van der Waals surface area contributed by atoms with Gasteiger partial charge in [-0.05, 0) is 42.9 Å². The molecule has 0 radical (unpaired) electrons. The highest BCUT2D eigenvalue weighted by Crippen LogP contribution is 2.29. The van der Waals surface area contributed by atoms with E-state index in [1.807, 2.05) is 18.2 Å². The molecule has 0 aromatic heterocycles. The third-order valence-electron chi connectivity index (χ3n) is 4.52. The maximum atomic E-state index is 12.5. The molecule has 1 heterocycles. The number of hydrogen-bond donors (Lipinski definition) is 2. The first-order chi connectivity index (χ1) is 9.79. The summed E-state index contributed by atoms with van der Waals surface area (Å²) in [6.07, 6.45) is 3.72. The molecule has 0 bridgehead atoms. The molecule has 3 unspecified atom stereocenters. The lowest BCUT2D eigenvalue weighted by Gasteiger charge is -2.28. The number of nitrogens with one attached hydrogen (secondary N) is 1. The molecule has 1 amide bonds. The van der Waals surface area contributed by atoms with Crippen LogP contribution in [0.5, 0.6) is 0 Å². The van der Waals surface area contributed by atoms with E-state index < -0.39 is 6.10 Å². The van der Waals surface area contributed by atoms with E-state index >= 15 is 0 Å². The van der Waals surface area contributed by atoms with Gasteiger partial charge in [0, 0.05) is 6.04 Å². The van der Waals surface area contributed by atoms with Crippen LogP contribution in [0.3, 0.4) is 0 Å². The van der Waals surface area contributed by atoms with Gasteiger partial charge in [0.25, 0.3) is 5.91 Å². The van der Waals surface area contributed by atoms with E-state index in [0.29, 0.717) is 19.1 Å². The predicted octanol–water partition coefficient (Wildman–Crippen LogP) is 1.54. The van der Waals surface area contributed by atoms with Crippen molar-refractivity contribution in [3.63, 3.8) is 0 Å². The first kappa shape index (κ1) is 13.6. The number of carbonyl (C=O) groups excluding carboxylic acids is 1. The van der Waals surface area contributed by atoms with Gasteiger partial charge in [-0.2, -0.15) is 0 Å². The van der Waals surface area contributed by atoms with Crippen LogP contribution in [0.2, 0.25) is 0 Å². The summed E-state index contributed by atoms with van der Waals surface area (Å²) in [4.78, 5) is 12.5. The van der Waals surface area contributed by atoms with Crippen LogP contribution >= 0.6 is 0 Å². The Bertz CT molecular complexity index is 489. The van der Waals surface area contributed by atoms with Gasteiger partial charge in [-0.15, -0.1) is 0 Å². The minimum Gasteiger partial charge on any atom is -0.363 e. The Morgan fingerprint density at radius 1 is 1.35 bits per heavy atom. The van der Waals surface area contributed by atoms with E-state index in [0.717, 1.165) is 31.2 Å². The largest absolute Gasteiger partial charge is 0.363 e. The number of carbonyl (C=O) groups is 1. The Balaban J connectivity index is 1.72. The van der Waals surface area contributed by atoms with Crippen molar-refractivity contribution in [1.29, 1.82) is 0 Å². The van der Waals surface area contributed by atoms with Crippen molar-refractivity contribution in [2.45, 2.75) is 37.8 Å². The summed E-state index contributed by atoms with van der Waals surface area (Å²) in [5.74, 6) is 0.403. The molecule has 1 aliphatic heterocycles. The molecule has 1 fully saturated rings. The van der Waals surface area contributed by atoms with Gasteiger partial charge in [0.05, 0.1) is 6.61 Å². The summed E-state index contributed by atoms with van der Waals surface area (Å²) in [6, 6.07) is 8.27. The predicted molar refractivity (Wildman–Crippen MR) is 77.2 cm³/mol. The Labute approximate surface area is 119 Å². The van der Waals surface area contributed by atoms with Crippen molar-refractivity contribution in [3.8, 4) is 0 Å². The zero-order chi connectivity index (χ0) is 13.9. The standard InChI is InChI=1S/C16H22N2O2/c17-10-12-5-3-7-14(12)18-16(19)15-13-6-2-1-4-11(13)8-9-20-15/h1-2,4,6,12,14-15H,3,5,7-10,17H2,(H,18,19). The highest BCUT2D eigenvalue weighted by molar-refractivity contribution is 5.83. The number of ether oxygens (including phenoxy) is 1. The Morgan fingerprint density at radius 2 is 2.20 bits per heavy atom. The van der Waals surface area contributed by atoms with Gasteiger partial charge < -0.3 is 15.8 Å². The van der Waals surface area contributed by atoms with Crippen LogP contribution in [0.4, 0.5) is 0 Å². The quantitative estimate of drug-likeness (QED) is 0.879. The molecule has 1 aliphatic carbocycles. The Morgan fingerprint density at radius 3 is 3.05 bits per heavy atom. The third kappa shape index (κ3) is 2.58. The summed E-state index contributed by atoms with van der Waals surface area (Å²) >= 11 is 0. The number of rotatable bonds is 3. The van der Waals surface area contributed by atoms with E-state index in [9.17, 15) is 4.79 Å². The minimum atomic E-state index is -0.459. The SMILES string of the molecule is NCC1CCCC1NC(=O)C1OCCc2ccccc21.